The molecular weight excluding hydrogens is 318 g/mol. The number of para-hydroxylation sites is 1. The van der Waals surface area contributed by atoms with Crippen LogP contribution in [-0.4, -0.2) is 29.3 Å². The molecule has 0 unspecified atom stereocenters. The number of allylic oxidation sites excluding steroid dienone is 1. The molecule has 0 aliphatic carbocycles. The number of hydrogen-bond donors (Lipinski definition) is 0. The molecule has 3 nitrogen and oxygen atoms in total. The number of fused-ring (bicyclic) bond motifs is 1. The van der Waals surface area contributed by atoms with Gasteiger partial charge in [-0.3, -0.25) is 0 Å². The number of ether oxygens (including phenoxy) is 2. The Morgan fingerprint density at radius 1 is 1.29 bits per heavy atom. The first kappa shape index (κ1) is 17.6. The molecule has 2 aromatic rings. The van der Waals surface area contributed by atoms with E-state index in [1.807, 2.05) is 31.7 Å². The Kier molecular flexibility index (Phi) is 5.38. The van der Waals surface area contributed by atoms with Crippen LogP contribution in [0.25, 0.3) is 10.9 Å². The molecule has 1 aromatic heterocycles. The van der Waals surface area contributed by atoms with Gasteiger partial charge in [-0.25, -0.2) is 0 Å². The third kappa shape index (κ3) is 3.56. The van der Waals surface area contributed by atoms with Gasteiger partial charge in [0, 0.05) is 23.4 Å². The molecule has 3 rings (SSSR count). The molecule has 0 radical (unpaired) electrons. The van der Waals surface area contributed by atoms with E-state index in [-0.39, 0.29) is 0 Å². The molecular formula is C20H27NO2S. The van der Waals surface area contributed by atoms with E-state index in [1.54, 1.807) is 0 Å². The first-order valence-corrected chi connectivity index (χ1v) is 9.66. The number of hydrogen-bond acceptors (Lipinski definition) is 3. The minimum atomic E-state index is -0.450. The van der Waals surface area contributed by atoms with Gasteiger partial charge in [0.2, 0.25) is 0 Å². The Morgan fingerprint density at radius 3 is 2.67 bits per heavy atom. The van der Waals surface area contributed by atoms with Crippen LogP contribution in [0.15, 0.2) is 41.9 Å². The summed E-state index contributed by atoms with van der Waals surface area (Å²) in [7, 11) is 0. The van der Waals surface area contributed by atoms with Crippen molar-refractivity contribution in [3.05, 3.63) is 42.5 Å². The summed E-state index contributed by atoms with van der Waals surface area (Å²) in [5, 5.41) is 2.71. The number of benzene rings is 1. The predicted octanol–water partition coefficient (Wildman–Crippen LogP) is 4.88. The molecule has 0 N–H and O–H groups in total. The molecule has 1 saturated heterocycles. The molecule has 0 amide bonds. The third-order valence-electron chi connectivity index (χ3n) is 4.44. The van der Waals surface area contributed by atoms with Gasteiger partial charge in [-0.2, -0.15) is 0 Å². The van der Waals surface area contributed by atoms with Crippen molar-refractivity contribution in [3.63, 3.8) is 0 Å². The number of rotatable bonds is 6. The zero-order valence-corrected chi connectivity index (χ0v) is 15.7. The van der Waals surface area contributed by atoms with Crippen molar-refractivity contribution in [2.45, 2.75) is 44.5 Å². The Balaban J connectivity index is 1.96. The topological polar surface area (TPSA) is 23.4 Å². The maximum atomic E-state index is 5.86. The molecule has 4 heteroatoms. The zero-order chi connectivity index (χ0) is 17.2. The van der Waals surface area contributed by atoms with E-state index in [2.05, 4.69) is 42.3 Å². The zero-order valence-electron chi connectivity index (χ0n) is 14.9. The summed E-state index contributed by atoms with van der Waals surface area (Å²) in [6.45, 7) is 12.5. The van der Waals surface area contributed by atoms with Crippen molar-refractivity contribution in [3.8, 4) is 0 Å². The second-order valence-corrected chi connectivity index (χ2v) is 7.98. The maximum absolute atomic E-state index is 5.86. The van der Waals surface area contributed by atoms with Gasteiger partial charge in [0.15, 0.2) is 5.79 Å². The molecule has 1 aliphatic rings. The highest BCUT2D eigenvalue weighted by Gasteiger charge is 2.30. The SMILES string of the molecule is C=CCn1c(SCC)c(CC2COC(C)(C)OC2)c2ccccc21. The van der Waals surface area contributed by atoms with Crippen molar-refractivity contribution in [1.29, 1.82) is 0 Å². The van der Waals surface area contributed by atoms with Gasteiger partial charge < -0.3 is 14.0 Å². The van der Waals surface area contributed by atoms with E-state index in [4.69, 9.17) is 9.47 Å². The molecule has 0 atom stereocenters. The van der Waals surface area contributed by atoms with Crippen LogP contribution in [0, 0.1) is 5.92 Å². The van der Waals surface area contributed by atoms with E-state index in [0.29, 0.717) is 5.92 Å². The van der Waals surface area contributed by atoms with Crippen molar-refractivity contribution < 1.29 is 9.47 Å². The van der Waals surface area contributed by atoms with Crippen LogP contribution < -0.4 is 0 Å². The highest BCUT2D eigenvalue weighted by molar-refractivity contribution is 7.99. The largest absolute Gasteiger partial charge is 0.350 e. The summed E-state index contributed by atoms with van der Waals surface area (Å²) in [5.41, 5.74) is 2.72. The Hall–Kier alpha value is -1.23. The predicted molar refractivity (Wildman–Crippen MR) is 102 cm³/mol. The lowest BCUT2D eigenvalue weighted by Crippen LogP contribution is -2.39. The van der Waals surface area contributed by atoms with Crippen LogP contribution in [0.4, 0.5) is 0 Å². The molecule has 0 bridgehead atoms. The molecule has 0 spiro atoms. The van der Waals surface area contributed by atoms with Gasteiger partial charge in [-0.1, -0.05) is 31.2 Å². The van der Waals surface area contributed by atoms with Crippen LogP contribution in [-0.2, 0) is 22.4 Å². The van der Waals surface area contributed by atoms with Crippen LogP contribution in [0.1, 0.15) is 26.3 Å². The van der Waals surface area contributed by atoms with Gasteiger partial charge in [0.25, 0.3) is 0 Å². The molecule has 1 aliphatic heterocycles. The third-order valence-corrected chi connectivity index (χ3v) is 5.47. The van der Waals surface area contributed by atoms with E-state index >= 15 is 0 Å². The molecule has 130 valence electrons. The maximum Gasteiger partial charge on any atom is 0.162 e. The first-order valence-electron chi connectivity index (χ1n) is 8.67. The fraction of sp³-hybridized carbons (Fsp3) is 0.500. The molecule has 24 heavy (non-hydrogen) atoms. The average molecular weight is 346 g/mol. The van der Waals surface area contributed by atoms with E-state index < -0.39 is 5.79 Å². The summed E-state index contributed by atoms with van der Waals surface area (Å²) >= 11 is 1.92. The molecule has 1 aromatic carbocycles. The summed E-state index contributed by atoms with van der Waals surface area (Å²) < 4.78 is 14.1. The lowest BCUT2D eigenvalue weighted by Gasteiger charge is -2.35. The Morgan fingerprint density at radius 2 is 2.00 bits per heavy atom. The van der Waals surface area contributed by atoms with Crippen LogP contribution in [0.2, 0.25) is 0 Å². The fourth-order valence-electron chi connectivity index (χ4n) is 3.29. The lowest BCUT2D eigenvalue weighted by atomic mass is 9.99. The first-order chi connectivity index (χ1) is 11.6. The van der Waals surface area contributed by atoms with Crippen LogP contribution in [0.3, 0.4) is 0 Å². The van der Waals surface area contributed by atoms with Crippen LogP contribution in [0.5, 0.6) is 0 Å². The van der Waals surface area contributed by atoms with Crippen molar-refractivity contribution in [2.24, 2.45) is 5.92 Å². The Bertz CT molecular complexity index is 710. The van der Waals surface area contributed by atoms with Gasteiger partial charge in [0.05, 0.1) is 18.2 Å². The summed E-state index contributed by atoms with van der Waals surface area (Å²) in [6.07, 6.45) is 2.97. The molecule has 0 saturated carbocycles. The summed E-state index contributed by atoms with van der Waals surface area (Å²) in [5.74, 6) is 1.01. The standard InChI is InChI=1S/C20H27NO2S/c1-5-11-21-18-10-8-7-9-16(18)17(19(21)24-6-2)12-15-13-22-20(3,4)23-14-15/h5,7-10,15H,1,6,11-14H2,2-4H3. The van der Waals surface area contributed by atoms with E-state index in [0.717, 1.165) is 31.9 Å². The Labute approximate surface area is 149 Å². The summed E-state index contributed by atoms with van der Waals surface area (Å²) in [6, 6.07) is 8.68. The summed E-state index contributed by atoms with van der Waals surface area (Å²) in [4.78, 5) is 0. The minimum absolute atomic E-state index is 0.400. The second-order valence-electron chi connectivity index (χ2n) is 6.73. The van der Waals surface area contributed by atoms with Crippen molar-refractivity contribution in [1.82, 2.24) is 4.57 Å². The monoisotopic (exact) mass is 345 g/mol. The molecule has 2 heterocycles. The van der Waals surface area contributed by atoms with Gasteiger partial charge >= 0.3 is 0 Å². The lowest BCUT2D eigenvalue weighted by molar-refractivity contribution is -0.261. The number of thioether (sulfide) groups is 1. The van der Waals surface area contributed by atoms with Crippen molar-refractivity contribution >= 4 is 22.7 Å². The quantitative estimate of drug-likeness (QED) is 0.550. The highest BCUT2D eigenvalue weighted by Crippen LogP contribution is 2.36. The smallest absolute Gasteiger partial charge is 0.162 e. The number of aromatic nitrogens is 1. The van der Waals surface area contributed by atoms with Gasteiger partial charge in [-0.05, 0) is 37.7 Å². The highest BCUT2D eigenvalue weighted by atomic mass is 32.2. The minimum Gasteiger partial charge on any atom is -0.350 e. The van der Waals surface area contributed by atoms with Crippen LogP contribution >= 0.6 is 11.8 Å². The van der Waals surface area contributed by atoms with Gasteiger partial charge in [-0.15, -0.1) is 18.3 Å². The van der Waals surface area contributed by atoms with Crippen molar-refractivity contribution in [2.75, 3.05) is 19.0 Å². The van der Waals surface area contributed by atoms with E-state index in [1.165, 1.54) is 21.5 Å². The molecule has 1 fully saturated rings. The van der Waals surface area contributed by atoms with Gasteiger partial charge in [0.1, 0.15) is 0 Å². The average Bonchev–Trinajstić information content (AvgIpc) is 2.84. The van der Waals surface area contributed by atoms with E-state index in [9.17, 15) is 0 Å². The fourth-order valence-corrected chi connectivity index (χ4v) is 4.26. The number of nitrogens with zero attached hydrogens (tertiary/aromatic N) is 1. The second kappa shape index (κ2) is 7.34. The normalized spacial score (nSPS) is 18.1.